The van der Waals surface area contributed by atoms with Crippen LogP contribution in [0.5, 0.6) is 5.75 Å². The summed E-state index contributed by atoms with van der Waals surface area (Å²) < 4.78 is 49.9. The molecule has 5 nitrogen and oxygen atoms in total. The number of sulfone groups is 1. The number of halogens is 1. The maximum Gasteiger partial charge on any atom is 0.264 e. The average molecular weight is 327 g/mol. The predicted molar refractivity (Wildman–Crippen MR) is 74.0 cm³/mol. The highest BCUT2D eigenvalue weighted by molar-refractivity contribution is 8.13. The van der Waals surface area contributed by atoms with E-state index >= 15 is 0 Å². The lowest BCUT2D eigenvalue weighted by molar-refractivity contribution is 0.309. The zero-order chi connectivity index (χ0) is 14.7. The van der Waals surface area contributed by atoms with Crippen molar-refractivity contribution >= 4 is 29.6 Å². The van der Waals surface area contributed by atoms with Crippen molar-refractivity contribution in [1.82, 2.24) is 0 Å². The van der Waals surface area contributed by atoms with E-state index in [1.165, 1.54) is 12.1 Å². The summed E-state index contributed by atoms with van der Waals surface area (Å²) >= 11 is 0. The van der Waals surface area contributed by atoms with E-state index in [9.17, 15) is 16.8 Å². The predicted octanol–water partition coefficient (Wildman–Crippen LogP) is 1.74. The normalized spacial score (nSPS) is 12.4. The molecule has 108 valence electrons. The van der Waals surface area contributed by atoms with Gasteiger partial charge in [0.15, 0.2) is 0 Å². The molecule has 0 atom stereocenters. The lowest BCUT2D eigenvalue weighted by atomic mass is 10.2. The fourth-order valence-electron chi connectivity index (χ4n) is 1.43. The Bertz CT molecular complexity index is 650. The Morgan fingerprint density at radius 1 is 1.21 bits per heavy atom. The van der Waals surface area contributed by atoms with Crippen LogP contribution in [0.15, 0.2) is 23.1 Å². The fourth-order valence-corrected chi connectivity index (χ4v) is 3.13. The smallest absolute Gasteiger partial charge is 0.264 e. The quantitative estimate of drug-likeness (QED) is 0.587. The van der Waals surface area contributed by atoms with Crippen LogP contribution in [-0.2, 0) is 18.9 Å². The molecular formula is C11H15ClO5S2. The second-order valence-electron chi connectivity index (χ2n) is 4.22. The molecule has 0 amide bonds. The number of hydrogen-bond acceptors (Lipinski definition) is 5. The van der Waals surface area contributed by atoms with E-state index in [0.29, 0.717) is 0 Å². The lowest BCUT2D eigenvalue weighted by Crippen LogP contribution is -2.09. The molecule has 1 aromatic carbocycles. The molecule has 0 saturated carbocycles. The molecule has 0 aliphatic carbocycles. The molecule has 0 N–H and O–H groups in total. The van der Waals surface area contributed by atoms with Crippen LogP contribution in [-0.4, -0.2) is 35.5 Å². The zero-order valence-electron chi connectivity index (χ0n) is 10.6. The SMILES string of the molecule is Cc1ccc(OCCCS(C)(=O)=O)c(S(=O)(=O)Cl)c1. The summed E-state index contributed by atoms with van der Waals surface area (Å²) in [4.78, 5) is -0.103. The van der Waals surface area contributed by atoms with Gasteiger partial charge in [0, 0.05) is 16.9 Å². The van der Waals surface area contributed by atoms with E-state index in [1.54, 1.807) is 13.0 Å². The number of ether oxygens (including phenoxy) is 1. The summed E-state index contributed by atoms with van der Waals surface area (Å²) in [5, 5.41) is 0. The maximum atomic E-state index is 11.4. The van der Waals surface area contributed by atoms with E-state index in [-0.39, 0.29) is 29.4 Å². The Morgan fingerprint density at radius 3 is 2.37 bits per heavy atom. The third kappa shape index (κ3) is 5.80. The topological polar surface area (TPSA) is 77.5 Å². The Kier molecular flexibility index (Phi) is 5.23. The van der Waals surface area contributed by atoms with Gasteiger partial charge in [-0.3, -0.25) is 0 Å². The van der Waals surface area contributed by atoms with Gasteiger partial charge < -0.3 is 4.74 Å². The number of benzene rings is 1. The molecule has 0 aliphatic rings. The van der Waals surface area contributed by atoms with Crippen LogP contribution in [0.3, 0.4) is 0 Å². The highest BCUT2D eigenvalue weighted by Gasteiger charge is 2.17. The second kappa shape index (κ2) is 6.11. The maximum absolute atomic E-state index is 11.4. The minimum Gasteiger partial charge on any atom is -0.492 e. The summed E-state index contributed by atoms with van der Waals surface area (Å²) in [7, 11) is -1.62. The van der Waals surface area contributed by atoms with Gasteiger partial charge in [0.1, 0.15) is 20.5 Å². The molecule has 0 bridgehead atoms. The van der Waals surface area contributed by atoms with E-state index in [4.69, 9.17) is 15.4 Å². The summed E-state index contributed by atoms with van der Waals surface area (Å²) in [5.41, 5.74) is 0.739. The van der Waals surface area contributed by atoms with Crippen LogP contribution in [0.2, 0.25) is 0 Å². The number of hydrogen-bond donors (Lipinski definition) is 0. The molecule has 19 heavy (non-hydrogen) atoms. The van der Waals surface area contributed by atoms with Crippen molar-refractivity contribution < 1.29 is 21.6 Å². The van der Waals surface area contributed by atoms with Crippen molar-refractivity contribution in [1.29, 1.82) is 0 Å². The van der Waals surface area contributed by atoms with Gasteiger partial charge >= 0.3 is 0 Å². The molecule has 0 heterocycles. The van der Waals surface area contributed by atoms with Gasteiger partial charge in [0.2, 0.25) is 0 Å². The minimum absolute atomic E-state index is 0.0121. The van der Waals surface area contributed by atoms with Gasteiger partial charge in [-0.15, -0.1) is 0 Å². The van der Waals surface area contributed by atoms with E-state index in [0.717, 1.165) is 11.8 Å². The molecule has 1 aromatic rings. The van der Waals surface area contributed by atoms with Crippen LogP contribution < -0.4 is 4.74 Å². The molecule has 0 unspecified atom stereocenters. The first-order valence-electron chi connectivity index (χ1n) is 5.45. The first-order chi connectivity index (χ1) is 8.59. The summed E-state index contributed by atoms with van der Waals surface area (Å²) in [5.74, 6) is 0.121. The molecule has 0 aliphatic heterocycles. The molecule has 1 rings (SSSR count). The number of rotatable bonds is 6. The van der Waals surface area contributed by atoms with Crippen LogP contribution in [0.4, 0.5) is 0 Å². The molecule has 0 fully saturated rings. The van der Waals surface area contributed by atoms with E-state index < -0.39 is 18.9 Å². The van der Waals surface area contributed by atoms with Gasteiger partial charge in [-0.2, -0.15) is 0 Å². The highest BCUT2D eigenvalue weighted by atomic mass is 35.7. The summed E-state index contributed by atoms with van der Waals surface area (Å²) in [6, 6.07) is 4.61. The highest BCUT2D eigenvalue weighted by Crippen LogP contribution is 2.28. The minimum atomic E-state index is -3.89. The standard InChI is InChI=1S/C11H15ClO5S2/c1-9-4-5-10(11(8-9)19(12,15)16)17-6-3-7-18(2,13)14/h4-5,8H,3,6-7H2,1-2H3. The second-order valence-corrected chi connectivity index (χ2v) is 9.01. The molecule has 0 aromatic heterocycles. The first-order valence-corrected chi connectivity index (χ1v) is 9.82. The van der Waals surface area contributed by atoms with Gasteiger partial charge in [-0.05, 0) is 31.0 Å². The van der Waals surface area contributed by atoms with Gasteiger partial charge in [-0.1, -0.05) is 6.07 Å². The molecule has 0 spiro atoms. The Labute approximate surface area is 117 Å². The van der Waals surface area contributed by atoms with Crippen molar-refractivity contribution in [3.8, 4) is 5.75 Å². The van der Waals surface area contributed by atoms with Crippen molar-refractivity contribution in [2.45, 2.75) is 18.2 Å². The van der Waals surface area contributed by atoms with Crippen molar-refractivity contribution in [2.75, 3.05) is 18.6 Å². The van der Waals surface area contributed by atoms with Crippen molar-refractivity contribution in [3.63, 3.8) is 0 Å². The summed E-state index contributed by atoms with van der Waals surface area (Å²) in [6.45, 7) is 1.84. The van der Waals surface area contributed by atoms with Gasteiger partial charge in [0.25, 0.3) is 9.05 Å². The Morgan fingerprint density at radius 2 is 1.84 bits per heavy atom. The number of aryl methyl sites for hydroxylation is 1. The summed E-state index contributed by atoms with van der Waals surface area (Å²) in [6.07, 6.45) is 1.42. The lowest BCUT2D eigenvalue weighted by Gasteiger charge is -2.10. The van der Waals surface area contributed by atoms with E-state index in [1.807, 2.05) is 0 Å². The third-order valence-electron chi connectivity index (χ3n) is 2.28. The van der Waals surface area contributed by atoms with Crippen molar-refractivity contribution in [2.24, 2.45) is 0 Å². The fraction of sp³-hybridized carbons (Fsp3) is 0.455. The van der Waals surface area contributed by atoms with Crippen LogP contribution in [0.25, 0.3) is 0 Å². The zero-order valence-corrected chi connectivity index (χ0v) is 13.0. The molecule has 0 saturated heterocycles. The van der Waals surface area contributed by atoms with Gasteiger partial charge in [-0.25, -0.2) is 16.8 Å². The van der Waals surface area contributed by atoms with Crippen LogP contribution in [0.1, 0.15) is 12.0 Å². The molecule has 8 heteroatoms. The Hall–Kier alpha value is -0.790. The largest absolute Gasteiger partial charge is 0.492 e. The van der Waals surface area contributed by atoms with E-state index in [2.05, 4.69) is 0 Å². The monoisotopic (exact) mass is 326 g/mol. The molecular weight excluding hydrogens is 312 g/mol. The molecule has 0 radical (unpaired) electrons. The van der Waals surface area contributed by atoms with Crippen LogP contribution >= 0.6 is 10.7 Å². The average Bonchev–Trinajstić information content (AvgIpc) is 2.23. The first kappa shape index (κ1) is 16.3. The van der Waals surface area contributed by atoms with Crippen LogP contribution in [0, 0.1) is 6.92 Å². The third-order valence-corrected chi connectivity index (χ3v) is 4.65. The van der Waals surface area contributed by atoms with Crippen molar-refractivity contribution in [3.05, 3.63) is 23.8 Å². The Balaban J connectivity index is 2.79. The van der Waals surface area contributed by atoms with Gasteiger partial charge in [0.05, 0.1) is 12.4 Å².